The maximum Gasteiger partial charge on any atom is 0.0518 e. The zero-order chi connectivity index (χ0) is 9.26. The summed E-state index contributed by atoms with van der Waals surface area (Å²) in [7, 11) is 1.98. The first-order valence-electron chi connectivity index (χ1n) is 4.95. The van der Waals surface area contributed by atoms with Gasteiger partial charge in [-0.3, -0.25) is 4.68 Å². The van der Waals surface area contributed by atoms with Crippen molar-refractivity contribution in [2.45, 2.75) is 19.9 Å². The molecule has 2 atom stereocenters. The summed E-state index contributed by atoms with van der Waals surface area (Å²) in [6, 6.07) is 2.06. The Balaban J connectivity index is 1.71. The summed E-state index contributed by atoms with van der Waals surface area (Å²) in [4.78, 5) is 0. The molecule has 3 nitrogen and oxygen atoms in total. The topological polar surface area (TPSA) is 29.9 Å². The lowest BCUT2D eigenvalue weighted by atomic mass is 10.3. The molecule has 0 radical (unpaired) electrons. The SMILES string of the molecule is CC1CC1CNCc1ccnn1C. The lowest BCUT2D eigenvalue weighted by Gasteiger charge is -2.03. The van der Waals surface area contributed by atoms with Crippen molar-refractivity contribution in [3.8, 4) is 0 Å². The van der Waals surface area contributed by atoms with E-state index in [9.17, 15) is 0 Å². The van der Waals surface area contributed by atoms with Crippen LogP contribution in [-0.2, 0) is 13.6 Å². The van der Waals surface area contributed by atoms with E-state index in [2.05, 4.69) is 23.4 Å². The predicted octanol–water partition coefficient (Wildman–Crippen LogP) is 1.17. The smallest absolute Gasteiger partial charge is 0.0518 e. The summed E-state index contributed by atoms with van der Waals surface area (Å²) in [5.41, 5.74) is 1.26. The molecule has 1 saturated carbocycles. The normalized spacial score (nSPS) is 26.3. The molecule has 1 fully saturated rings. The molecule has 0 bridgehead atoms. The van der Waals surface area contributed by atoms with E-state index in [0.717, 1.165) is 24.9 Å². The van der Waals surface area contributed by atoms with Gasteiger partial charge in [-0.1, -0.05) is 6.92 Å². The molecule has 72 valence electrons. The van der Waals surface area contributed by atoms with Gasteiger partial charge in [0, 0.05) is 19.8 Å². The average molecular weight is 179 g/mol. The van der Waals surface area contributed by atoms with Crippen LogP contribution in [-0.4, -0.2) is 16.3 Å². The van der Waals surface area contributed by atoms with Crippen LogP contribution in [0.3, 0.4) is 0 Å². The van der Waals surface area contributed by atoms with Crippen LogP contribution in [0.1, 0.15) is 19.0 Å². The van der Waals surface area contributed by atoms with Gasteiger partial charge in [0.15, 0.2) is 0 Å². The van der Waals surface area contributed by atoms with Crippen molar-refractivity contribution in [3.05, 3.63) is 18.0 Å². The molecule has 1 aliphatic carbocycles. The van der Waals surface area contributed by atoms with Gasteiger partial charge in [-0.05, 0) is 30.9 Å². The van der Waals surface area contributed by atoms with Gasteiger partial charge >= 0.3 is 0 Å². The number of hydrogen-bond acceptors (Lipinski definition) is 2. The fourth-order valence-corrected chi connectivity index (χ4v) is 1.64. The first-order chi connectivity index (χ1) is 6.27. The van der Waals surface area contributed by atoms with Crippen molar-refractivity contribution < 1.29 is 0 Å². The number of nitrogens with one attached hydrogen (secondary N) is 1. The molecule has 1 heterocycles. The van der Waals surface area contributed by atoms with E-state index in [4.69, 9.17) is 0 Å². The summed E-state index contributed by atoms with van der Waals surface area (Å²) in [6.07, 6.45) is 3.25. The summed E-state index contributed by atoms with van der Waals surface area (Å²) in [5.74, 6) is 1.87. The average Bonchev–Trinajstić information content (AvgIpc) is 2.63. The minimum atomic E-state index is 0.924. The van der Waals surface area contributed by atoms with Gasteiger partial charge in [0.25, 0.3) is 0 Å². The molecule has 1 aromatic rings. The molecule has 13 heavy (non-hydrogen) atoms. The first-order valence-corrected chi connectivity index (χ1v) is 4.95. The largest absolute Gasteiger partial charge is 0.311 e. The van der Waals surface area contributed by atoms with Crippen molar-refractivity contribution >= 4 is 0 Å². The highest BCUT2D eigenvalue weighted by Crippen LogP contribution is 2.36. The standard InChI is InChI=1S/C10H17N3/c1-8-5-9(8)6-11-7-10-3-4-12-13(10)2/h3-4,8-9,11H,5-7H2,1-2H3. The molecule has 1 aliphatic rings. The van der Waals surface area contributed by atoms with Crippen LogP contribution in [0.15, 0.2) is 12.3 Å². The van der Waals surface area contributed by atoms with Crippen LogP contribution in [0.5, 0.6) is 0 Å². The lowest BCUT2D eigenvalue weighted by molar-refractivity contribution is 0.582. The van der Waals surface area contributed by atoms with E-state index in [1.807, 2.05) is 17.9 Å². The van der Waals surface area contributed by atoms with E-state index < -0.39 is 0 Å². The summed E-state index contributed by atoms with van der Waals surface area (Å²) in [6.45, 7) is 4.42. The Bertz CT molecular complexity index is 279. The first kappa shape index (κ1) is 8.75. The second-order valence-corrected chi connectivity index (χ2v) is 4.05. The Morgan fingerprint density at radius 1 is 1.69 bits per heavy atom. The third kappa shape index (κ3) is 2.10. The summed E-state index contributed by atoms with van der Waals surface area (Å²) < 4.78 is 1.92. The maximum absolute atomic E-state index is 4.12. The fourth-order valence-electron chi connectivity index (χ4n) is 1.64. The van der Waals surface area contributed by atoms with Crippen LogP contribution in [0.4, 0.5) is 0 Å². The van der Waals surface area contributed by atoms with E-state index in [0.29, 0.717) is 0 Å². The second-order valence-electron chi connectivity index (χ2n) is 4.05. The van der Waals surface area contributed by atoms with Gasteiger partial charge in [0.1, 0.15) is 0 Å². The summed E-state index contributed by atoms with van der Waals surface area (Å²) in [5, 5.41) is 7.58. The van der Waals surface area contributed by atoms with Crippen molar-refractivity contribution in [1.82, 2.24) is 15.1 Å². The van der Waals surface area contributed by atoms with Crippen LogP contribution in [0, 0.1) is 11.8 Å². The number of aromatic nitrogens is 2. The Morgan fingerprint density at radius 3 is 3.00 bits per heavy atom. The van der Waals surface area contributed by atoms with Crippen LogP contribution in [0.2, 0.25) is 0 Å². The quantitative estimate of drug-likeness (QED) is 0.752. The zero-order valence-corrected chi connectivity index (χ0v) is 8.33. The van der Waals surface area contributed by atoms with E-state index in [1.54, 1.807) is 0 Å². The minimum absolute atomic E-state index is 0.924. The van der Waals surface area contributed by atoms with E-state index in [1.165, 1.54) is 12.1 Å². The fraction of sp³-hybridized carbons (Fsp3) is 0.700. The van der Waals surface area contributed by atoms with Gasteiger partial charge in [-0.25, -0.2) is 0 Å². The number of rotatable bonds is 4. The van der Waals surface area contributed by atoms with Crippen molar-refractivity contribution in [2.75, 3.05) is 6.54 Å². The van der Waals surface area contributed by atoms with Crippen molar-refractivity contribution in [1.29, 1.82) is 0 Å². The van der Waals surface area contributed by atoms with Crippen LogP contribution in [0.25, 0.3) is 0 Å². The van der Waals surface area contributed by atoms with E-state index >= 15 is 0 Å². The molecule has 1 aromatic heterocycles. The molecule has 0 aliphatic heterocycles. The Morgan fingerprint density at radius 2 is 2.46 bits per heavy atom. The molecule has 0 spiro atoms. The Kier molecular flexibility index (Phi) is 2.36. The Hall–Kier alpha value is -0.830. The van der Waals surface area contributed by atoms with Crippen LogP contribution >= 0.6 is 0 Å². The third-order valence-electron chi connectivity index (χ3n) is 2.91. The Labute approximate surface area is 79.1 Å². The highest BCUT2D eigenvalue weighted by Gasteiger charge is 2.31. The molecule has 0 saturated heterocycles. The van der Waals surface area contributed by atoms with E-state index in [-0.39, 0.29) is 0 Å². The van der Waals surface area contributed by atoms with Crippen LogP contribution < -0.4 is 5.32 Å². The predicted molar refractivity (Wildman–Crippen MR) is 52.2 cm³/mol. The maximum atomic E-state index is 4.12. The van der Waals surface area contributed by atoms with Crippen molar-refractivity contribution in [3.63, 3.8) is 0 Å². The highest BCUT2D eigenvalue weighted by molar-refractivity contribution is 4.99. The zero-order valence-electron chi connectivity index (χ0n) is 8.33. The highest BCUT2D eigenvalue weighted by atomic mass is 15.3. The number of aryl methyl sites for hydroxylation is 1. The molecule has 1 N–H and O–H groups in total. The van der Waals surface area contributed by atoms with Crippen molar-refractivity contribution in [2.24, 2.45) is 18.9 Å². The van der Waals surface area contributed by atoms with Gasteiger partial charge in [-0.15, -0.1) is 0 Å². The molecule has 0 amide bonds. The number of hydrogen-bond donors (Lipinski definition) is 1. The minimum Gasteiger partial charge on any atom is -0.311 e. The van der Waals surface area contributed by atoms with Gasteiger partial charge in [-0.2, -0.15) is 5.10 Å². The number of nitrogens with zero attached hydrogens (tertiary/aromatic N) is 2. The molecule has 0 aromatic carbocycles. The molecular formula is C10H17N3. The second kappa shape index (κ2) is 3.50. The van der Waals surface area contributed by atoms with Gasteiger partial charge in [0.2, 0.25) is 0 Å². The molecule has 2 unspecified atom stereocenters. The monoisotopic (exact) mass is 179 g/mol. The van der Waals surface area contributed by atoms with Gasteiger partial charge < -0.3 is 5.32 Å². The summed E-state index contributed by atoms with van der Waals surface area (Å²) >= 11 is 0. The molecule has 3 heteroatoms. The molecular weight excluding hydrogens is 162 g/mol. The lowest BCUT2D eigenvalue weighted by Crippen LogP contribution is -2.18. The third-order valence-corrected chi connectivity index (χ3v) is 2.91. The van der Waals surface area contributed by atoms with Gasteiger partial charge in [0.05, 0.1) is 5.69 Å². The molecule has 2 rings (SSSR count).